The van der Waals surface area contributed by atoms with Crippen molar-refractivity contribution in [2.24, 2.45) is 0 Å². The van der Waals surface area contributed by atoms with Gasteiger partial charge in [-0.2, -0.15) is 4.98 Å². The molecule has 3 N–H and O–H groups in total. The van der Waals surface area contributed by atoms with Crippen molar-refractivity contribution in [1.82, 2.24) is 20.6 Å². The fourth-order valence-electron chi connectivity index (χ4n) is 4.36. The van der Waals surface area contributed by atoms with Crippen LogP contribution in [0.25, 0.3) is 10.8 Å². The molecule has 0 aliphatic heterocycles. The van der Waals surface area contributed by atoms with Crippen molar-refractivity contribution < 1.29 is 4.79 Å². The van der Waals surface area contributed by atoms with E-state index >= 15 is 0 Å². The first-order valence-electron chi connectivity index (χ1n) is 11.3. The van der Waals surface area contributed by atoms with Gasteiger partial charge in [0.25, 0.3) is 0 Å². The summed E-state index contributed by atoms with van der Waals surface area (Å²) >= 11 is 0. The van der Waals surface area contributed by atoms with Crippen LogP contribution in [0.3, 0.4) is 0 Å². The molecule has 1 aliphatic carbocycles. The summed E-state index contributed by atoms with van der Waals surface area (Å²) < 4.78 is 0. The Morgan fingerprint density at radius 3 is 2.50 bits per heavy atom. The Morgan fingerprint density at radius 1 is 1.00 bits per heavy atom. The number of fused-ring (bicyclic) bond motifs is 1. The van der Waals surface area contributed by atoms with Gasteiger partial charge in [-0.1, -0.05) is 42.5 Å². The number of benzene rings is 2. The molecule has 2 aromatic carbocycles. The van der Waals surface area contributed by atoms with Crippen LogP contribution in [0, 0.1) is 0 Å². The number of carbonyl (C=O) groups is 1. The van der Waals surface area contributed by atoms with Gasteiger partial charge in [0, 0.05) is 32.4 Å². The van der Waals surface area contributed by atoms with E-state index in [1.807, 2.05) is 50.2 Å². The highest BCUT2D eigenvalue weighted by Gasteiger charge is 2.23. The fourth-order valence-corrected chi connectivity index (χ4v) is 4.36. The SMILES string of the molecule is CC(NC(=O)NC1CCC(Nc2nccc(N(C)C)n2)CC1)c1cccc2ccccc12. The lowest BCUT2D eigenvalue weighted by molar-refractivity contribution is 0.229. The Kier molecular flexibility index (Phi) is 6.73. The van der Waals surface area contributed by atoms with E-state index in [9.17, 15) is 4.79 Å². The van der Waals surface area contributed by atoms with Crippen molar-refractivity contribution >= 4 is 28.6 Å². The van der Waals surface area contributed by atoms with Gasteiger partial charge < -0.3 is 20.9 Å². The summed E-state index contributed by atoms with van der Waals surface area (Å²) in [5, 5.41) is 12.1. The number of carbonyl (C=O) groups excluding carboxylic acids is 1. The van der Waals surface area contributed by atoms with Crippen LogP contribution in [0.15, 0.2) is 54.7 Å². The normalized spacial score (nSPS) is 19.2. The molecule has 1 saturated carbocycles. The summed E-state index contributed by atoms with van der Waals surface area (Å²) in [7, 11) is 3.93. The topological polar surface area (TPSA) is 82.2 Å². The molecule has 1 atom stereocenters. The highest BCUT2D eigenvalue weighted by molar-refractivity contribution is 5.86. The zero-order chi connectivity index (χ0) is 22.5. The van der Waals surface area contributed by atoms with E-state index in [-0.39, 0.29) is 18.1 Å². The summed E-state index contributed by atoms with van der Waals surface area (Å²) in [4.78, 5) is 23.5. The van der Waals surface area contributed by atoms with Crippen LogP contribution in [0.1, 0.15) is 44.2 Å². The Balaban J connectivity index is 1.27. The van der Waals surface area contributed by atoms with Gasteiger partial charge in [-0.25, -0.2) is 9.78 Å². The van der Waals surface area contributed by atoms with Gasteiger partial charge in [0.15, 0.2) is 0 Å². The second-order valence-electron chi connectivity index (χ2n) is 8.73. The molecule has 0 saturated heterocycles. The number of rotatable bonds is 6. The molecule has 0 spiro atoms. The molecular formula is C25H32N6O. The monoisotopic (exact) mass is 432 g/mol. The van der Waals surface area contributed by atoms with Gasteiger partial charge in [-0.05, 0) is 55.0 Å². The van der Waals surface area contributed by atoms with E-state index in [0.29, 0.717) is 12.0 Å². The number of hydrogen-bond acceptors (Lipinski definition) is 5. The van der Waals surface area contributed by atoms with Crippen LogP contribution >= 0.6 is 0 Å². The first-order valence-corrected chi connectivity index (χ1v) is 11.3. The van der Waals surface area contributed by atoms with Crippen molar-refractivity contribution in [3.63, 3.8) is 0 Å². The third-order valence-corrected chi connectivity index (χ3v) is 6.13. The number of nitrogens with one attached hydrogen (secondary N) is 3. The molecule has 1 aliphatic rings. The summed E-state index contributed by atoms with van der Waals surface area (Å²) in [5.74, 6) is 1.55. The number of anilines is 2. The lowest BCUT2D eigenvalue weighted by atomic mass is 9.91. The van der Waals surface area contributed by atoms with E-state index in [0.717, 1.165) is 37.1 Å². The van der Waals surface area contributed by atoms with E-state index in [1.54, 1.807) is 6.20 Å². The third-order valence-electron chi connectivity index (χ3n) is 6.13. The minimum absolute atomic E-state index is 0.0692. The van der Waals surface area contributed by atoms with Gasteiger partial charge in [-0.3, -0.25) is 0 Å². The maximum absolute atomic E-state index is 12.6. The van der Waals surface area contributed by atoms with E-state index < -0.39 is 0 Å². The van der Waals surface area contributed by atoms with E-state index in [1.165, 1.54) is 10.8 Å². The standard InChI is InChI=1S/C25H32N6O/c1-17(21-10-6-8-18-7-4-5-9-22(18)21)27-25(32)29-20-13-11-19(12-14-20)28-24-26-16-15-23(30-24)31(2)3/h4-10,15-17,19-20H,11-14H2,1-3H3,(H,26,28,30)(H2,27,29,32). The number of hydrogen-bond donors (Lipinski definition) is 3. The number of aromatic nitrogens is 2. The molecule has 1 unspecified atom stereocenters. The molecule has 3 aromatic rings. The molecule has 32 heavy (non-hydrogen) atoms. The van der Waals surface area contributed by atoms with Gasteiger partial charge in [-0.15, -0.1) is 0 Å². The summed E-state index contributed by atoms with van der Waals surface area (Å²) in [6, 6.07) is 16.7. The van der Waals surface area contributed by atoms with Crippen molar-refractivity contribution in [1.29, 1.82) is 0 Å². The van der Waals surface area contributed by atoms with Gasteiger partial charge in [0.1, 0.15) is 5.82 Å². The quantitative estimate of drug-likeness (QED) is 0.535. The van der Waals surface area contributed by atoms with Crippen molar-refractivity contribution in [2.45, 2.75) is 50.7 Å². The minimum atomic E-state index is -0.108. The summed E-state index contributed by atoms with van der Waals surface area (Å²) in [6.07, 6.45) is 5.58. The molecule has 0 bridgehead atoms. The Hall–Kier alpha value is -3.35. The lowest BCUT2D eigenvalue weighted by Crippen LogP contribution is -2.45. The first-order chi connectivity index (χ1) is 15.5. The summed E-state index contributed by atoms with van der Waals surface area (Å²) in [5.41, 5.74) is 1.13. The van der Waals surface area contributed by atoms with Crippen LogP contribution < -0.4 is 20.9 Å². The Labute approximate surface area is 189 Å². The molecular weight excluding hydrogens is 400 g/mol. The average Bonchev–Trinajstić information content (AvgIpc) is 2.80. The Morgan fingerprint density at radius 2 is 1.72 bits per heavy atom. The molecule has 1 aromatic heterocycles. The van der Waals surface area contributed by atoms with E-state index in [4.69, 9.17) is 0 Å². The molecule has 2 amide bonds. The smallest absolute Gasteiger partial charge is 0.315 e. The highest BCUT2D eigenvalue weighted by Crippen LogP contribution is 2.25. The molecule has 1 heterocycles. The largest absolute Gasteiger partial charge is 0.363 e. The van der Waals surface area contributed by atoms with Crippen molar-refractivity contribution in [2.75, 3.05) is 24.3 Å². The first kappa shape index (κ1) is 21.9. The Bertz CT molecular complexity index is 1060. The van der Waals surface area contributed by atoms with E-state index in [2.05, 4.69) is 50.2 Å². The molecule has 7 heteroatoms. The van der Waals surface area contributed by atoms with Crippen LogP contribution in [0.4, 0.5) is 16.6 Å². The summed E-state index contributed by atoms with van der Waals surface area (Å²) in [6.45, 7) is 2.03. The predicted octanol–water partition coefficient (Wildman–Crippen LogP) is 4.48. The molecule has 4 rings (SSSR count). The zero-order valence-corrected chi connectivity index (χ0v) is 19.0. The fraction of sp³-hybridized carbons (Fsp3) is 0.400. The highest BCUT2D eigenvalue weighted by atomic mass is 16.2. The van der Waals surface area contributed by atoms with Gasteiger partial charge >= 0.3 is 6.03 Å². The van der Waals surface area contributed by atoms with Crippen molar-refractivity contribution in [3.05, 3.63) is 60.3 Å². The third kappa shape index (κ3) is 5.28. The van der Waals surface area contributed by atoms with Crippen LogP contribution in [0.5, 0.6) is 0 Å². The maximum Gasteiger partial charge on any atom is 0.315 e. The molecule has 7 nitrogen and oxygen atoms in total. The second-order valence-corrected chi connectivity index (χ2v) is 8.73. The second kappa shape index (κ2) is 9.85. The molecule has 1 fully saturated rings. The number of urea groups is 1. The van der Waals surface area contributed by atoms with Gasteiger partial charge in [0.05, 0.1) is 6.04 Å². The maximum atomic E-state index is 12.6. The molecule has 168 valence electrons. The zero-order valence-electron chi connectivity index (χ0n) is 19.0. The lowest BCUT2D eigenvalue weighted by Gasteiger charge is -2.30. The average molecular weight is 433 g/mol. The number of nitrogens with zero attached hydrogens (tertiary/aromatic N) is 3. The molecule has 0 radical (unpaired) electrons. The predicted molar refractivity (Wildman–Crippen MR) is 130 cm³/mol. The van der Waals surface area contributed by atoms with Crippen LogP contribution in [0.2, 0.25) is 0 Å². The number of amides is 2. The minimum Gasteiger partial charge on any atom is -0.363 e. The van der Waals surface area contributed by atoms with Gasteiger partial charge in [0.2, 0.25) is 5.95 Å². The van der Waals surface area contributed by atoms with Crippen LogP contribution in [-0.2, 0) is 0 Å². The van der Waals surface area contributed by atoms with Crippen LogP contribution in [-0.4, -0.2) is 42.2 Å². The van der Waals surface area contributed by atoms with Crippen molar-refractivity contribution in [3.8, 4) is 0 Å².